The standard InChI is InChI=1S/C18H23N3O.C2H6/c1-11-9-18(3,4)14-7-6-8-15(16(11)14)19-17(22)13-10-21(5)20-12(13)2;1-2/h6-8,10-11H,9H2,1-5H3,(H,19,22);1-2H3. The second kappa shape index (κ2) is 6.80. The molecule has 1 atom stereocenters. The highest BCUT2D eigenvalue weighted by atomic mass is 16.1. The average molecular weight is 327 g/mol. The Morgan fingerprint density at radius 3 is 2.58 bits per heavy atom. The Morgan fingerprint density at radius 1 is 1.33 bits per heavy atom. The lowest BCUT2D eigenvalue weighted by atomic mass is 9.86. The molecule has 24 heavy (non-hydrogen) atoms. The molecule has 4 nitrogen and oxygen atoms in total. The molecule has 4 heteroatoms. The Morgan fingerprint density at radius 2 is 2.00 bits per heavy atom. The van der Waals surface area contributed by atoms with Crippen molar-refractivity contribution in [3.63, 3.8) is 0 Å². The third-order valence-corrected chi connectivity index (χ3v) is 4.65. The summed E-state index contributed by atoms with van der Waals surface area (Å²) >= 11 is 0. The van der Waals surface area contributed by atoms with E-state index in [1.54, 1.807) is 10.9 Å². The maximum absolute atomic E-state index is 12.6. The molecule has 0 spiro atoms. The van der Waals surface area contributed by atoms with Crippen LogP contribution in [0.5, 0.6) is 0 Å². The van der Waals surface area contributed by atoms with E-state index in [0.29, 0.717) is 11.5 Å². The minimum Gasteiger partial charge on any atom is -0.322 e. The van der Waals surface area contributed by atoms with Crippen molar-refractivity contribution in [1.82, 2.24) is 9.78 Å². The lowest BCUT2D eigenvalue weighted by Crippen LogP contribution is -2.15. The van der Waals surface area contributed by atoms with E-state index in [-0.39, 0.29) is 11.3 Å². The molecule has 1 unspecified atom stereocenters. The molecule has 1 aromatic heterocycles. The lowest BCUT2D eigenvalue weighted by Gasteiger charge is -2.19. The number of hydrogen-bond donors (Lipinski definition) is 1. The van der Waals surface area contributed by atoms with Crippen LogP contribution in [0.25, 0.3) is 0 Å². The van der Waals surface area contributed by atoms with E-state index >= 15 is 0 Å². The van der Waals surface area contributed by atoms with Crippen LogP contribution >= 0.6 is 0 Å². The zero-order chi connectivity index (χ0) is 18.1. The normalized spacial score (nSPS) is 17.7. The van der Waals surface area contributed by atoms with Crippen LogP contribution in [-0.4, -0.2) is 15.7 Å². The van der Waals surface area contributed by atoms with Crippen molar-refractivity contribution >= 4 is 11.6 Å². The van der Waals surface area contributed by atoms with E-state index in [0.717, 1.165) is 17.8 Å². The Bertz CT molecular complexity index is 743. The maximum Gasteiger partial charge on any atom is 0.259 e. The van der Waals surface area contributed by atoms with E-state index < -0.39 is 0 Å². The maximum atomic E-state index is 12.6. The number of benzene rings is 1. The smallest absolute Gasteiger partial charge is 0.259 e. The molecular formula is C20H29N3O. The number of aromatic nitrogens is 2. The highest BCUT2D eigenvalue weighted by molar-refractivity contribution is 6.05. The fraction of sp³-hybridized carbons (Fsp3) is 0.500. The molecule has 0 radical (unpaired) electrons. The summed E-state index contributed by atoms with van der Waals surface area (Å²) in [6.07, 6.45) is 2.88. The summed E-state index contributed by atoms with van der Waals surface area (Å²) < 4.78 is 1.67. The Balaban J connectivity index is 0.00000100. The number of aryl methyl sites for hydroxylation is 2. The summed E-state index contributed by atoms with van der Waals surface area (Å²) in [6, 6.07) is 6.22. The number of anilines is 1. The molecule has 0 saturated heterocycles. The first-order valence-electron chi connectivity index (χ1n) is 8.74. The van der Waals surface area contributed by atoms with Gasteiger partial charge in [0.2, 0.25) is 0 Å². The fourth-order valence-corrected chi connectivity index (χ4v) is 3.78. The number of carbonyl (C=O) groups excluding carboxylic acids is 1. The van der Waals surface area contributed by atoms with Gasteiger partial charge in [0, 0.05) is 18.9 Å². The highest BCUT2D eigenvalue weighted by Crippen LogP contribution is 2.48. The largest absolute Gasteiger partial charge is 0.322 e. The summed E-state index contributed by atoms with van der Waals surface area (Å²) in [5, 5.41) is 7.33. The summed E-state index contributed by atoms with van der Waals surface area (Å²) in [5.41, 5.74) is 5.11. The van der Waals surface area contributed by atoms with Crippen molar-refractivity contribution in [2.45, 2.75) is 59.3 Å². The monoisotopic (exact) mass is 327 g/mol. The first-order valence-corrected chi connectivity index (χ1v) is 8.74. The van der Waals surface area contributed by atoms with E-state index in [1.165, 1.54) is 11.1 Å². The van der Waals surface area contributed by atoms with Gasteiger partial charge in [-0.05, 0) is 41.9 Å². The number of amides is 1. The zero-order valence-corrected chi connectivity index (χ0v) is 15.9. The molecule has 0 bridgehead atoms. The third kappa shape index (κ3) is 3.23. The van der Waals surface area contributed by atoms with E-state index in [9.17, 15) is 4.79 Å². The van der Waals surface area contributed by atoms with Crippen LogP contribution in [0.3, 0.4) is 0 Å². The van der Waals surface area contributed by atoms with Crippen LogP contribution in [0.15, 0.2) is 24.4 Å². The minimum absolute atomic E-state index is 0.0871. The molecule has 1 amide bonds. The number of nitrogens with one attached hydrogen (secondary N) is 1. The first-order chi connectivity index (χ1) is 11.3. The van der Waals surface area contributed by atoms with Crippen LogP contribution in [0, 0.1) is 6.92 Å². The molecular weight excluding hydrogens is 298 g/mol. The van der Waals surface area contributed by atoms with Crippen LogP contribution in [0.1, 0.15) is 74.1 Å². The molecule has 0 saturated carbocycles. The van der Waals surface area contributed by atoms with Crippen molar-refractivity contribution in [2.24, 2.45) is 7.05 Å². The number of carbonyl (C=O) groups is 1. The second-order valence-electron chi connectivity index (χ2n) is 7.01. The number of nitrogens with zero attached hydrogens (tertiary/aromatic N) is 2. The van der Waals surface area contributed by atoms with Gasteiger partial charge in [-0.1, -0.05) is 46.8 Å². The second-order valence-corrected chi connectivity index (χ2v) is 7.01. The van der Waals surface area contributed by atoms with Crippen LogP contribution < -0.4 is 5.32 Å². The molecule has 130 valence electrons. The SMILES string of the molecule is CC.Cc1nn(C)cc1C(=O)Nc1cccc2c1C(C)CC2(C)C. The molecule has 1 aliphatic rings. The van der Waals surface area contributed by atoms with E-state index in [4.69, 9.17) is 0 Å². The molecule has 1 aromatic carbocycles. The quantitative estimate of drug-likeness (QED) is 0.862. The number of fused-ring (bicyclic) bond motifs is 1. The van der Waals surface area contributed by atoms with Gasteiger partial charge in [0.1, 0.15) is 0 Å². The molecule has 0 aliphatic heterocycles. The van der Waals surface area contributed by atoms with Crippen molar-refractivity contribution in [2.75, 3.05) is 5.32 Å². The molecule has 0 fully saturated rings. The summed E-state index contributed by atoms with van der Waals surface area (Å²) in [4.78, 5) is 12.6. The van der Waals surface area contributed by atoms with E-state index in [1.807, 2.05) is 40.0 Å². The van der Waals surface area contributed by atoms with E-state index in [2.05, 4.69) is 37.3 Å². The Labute approximate surface area is 145 Å². The fourth-order valence-electron chi connectivity index (χ4n) is 3.78. The van der Waals surface area contributed by atoms with Crippen molar-refractivity contribution in [3.05, 3.63) is 46.8 Å². The van der Waals surface area contributed by atoms with Gasteiger partial charge in [-0.3, -0.25) is 9.48 Å². The summed E-state index contributed by atoms with van der Waals surface area (Å²) in [5.74, 6) is 0.368. The average Bonchev–Trinajstić information content (AvgIpc) is 2.98. The van der Waals surface area contributed by atoms with Crippen molar-refractivity contribution in [3.8, 4) is 0 Å². The van der Waals surface area contributed by atoms with Gasteiger partial charge in [0.05, 0.1) is 11.3 Å². The predicted octanol–water partition coefficient (Wildman–Crippen LogP) is 4.79. The minimum atomic E-state index is -0.0871. The summed E-state index contributed by atoms with van der Waals surface area (Å²) in [6.45, 7) is 12.6. The van der Waals surface area contributed by atoms with Gasteiger partial charge < -0.3 is 5.32 Å². The van der Waals surface area contributed by atoms with Gasteiger partial charge in [-0.15, -0.1) is 0 Å². The number of rotatable bonds is 2. The third-order valence-electron chi connectivity index (χ3n) is 4.65. The van der Waals surface area contributed by atoms with Crippen molar-refractivity contribution < 1.29 is 4.79 Å². The topological polar surface area (TPSA) is 46.9 Å². The molecule has 2 aromatic rings. The van der Waals surface area contributed by atoms with Crippen LogP contribution in [0.4, 0.5) is 5.69 Å². The summed E-state index contributed by atoms with van der Waals surface area (Å²) in [7, 11) is 1.83. The van der Waals surface area contributed by atoms with Crippen LogP contribution in [-0.2, 0) is 12.5 Å². The van der Waals surface area contributed by atoms with Crippen molar-refractivity contribution in [1.29, 1.82) is 0 Å². The number of hydrogen-bond acceptors (Lipinski definition) is 2. The van der Waals surface area contributed by atoms with Crippen LogP contribution in [0.2, 0.25) is 0 Å². The van der Waals surface area contributed by atoms with Gasteiger partial charge in [-0.2, -0.15) is 5.10 Å². The van der Waals surface area contributed by atoms with Gasteiger partial charge in [-0.25, -0.2) is 0 Å². The highest BCUT2D eigenvalue weighted by Gasteiger charge is 2.36. The molecule has 1 heterocycles. The lowest BCUT2D eigenvalue weighted by molar-refractivity contribution is 0.102. The molecule has 1 aliphatic carbocycles. The molecule has 3 rings (SSSR count). The van der Waals surface area contributed by atoms with Gasteiger partial charge >= 0.3 is 0 Å². The molecule has 1 N–H and O–H groups in total. The van der Waals surface area contributed by atoms with Gasteiger partial charge in [0.25, 0.3) is 5.91 Å². The van der Waals surface area contributed by atoms with Gasteiger partial charge in [0.15, 0.2) is 0 Å². The predicted molar refractivity (Wildman–Crippen MR) is 99.7 cm³/mol. The zero-order valence-electron chi connectivity index (χ0n) is 15.9. The first kappa shape index (κ1) is 18.2. The Hall–Kier alpha value is -2.10. The Kier molecular flexibility index (Phi) is 5.16.